The predicted octanol–water partition coefficient (Wildman–Crippen LogP) is 1.71. The monoisotopic (exact) mass is 404 g/mol. The van der Waals surface area contributed by atoms with Gasteiger partial charge in [0.05, 0.1) is 13.2 Å². The lowest BCUT2D eigenvalue weighted by Gasteiger charge is -2.32. The molecule has 8 nitrogen and oxygen atoms in total. The minimum Gasteiger partial charge on any atom is -0.393 e. The zero-order valence-electron chi connectivity index (χ0n) is 17.1. The first-order chi connectivity index (χ1) is 13.5. The Morgan fingerprint density at radius 1 is 1.00 bits per heavy atom. The molecule has 0 aliphatic carbocycles. The molecule has 3 aliphatic rings. The van der Waals surface area contributed by atoms with Crippen LogP contribution in [0.3, 0.4) is 0 Å². The molecule has 0 aromatic heterocycles. The fraction of sp³-hybridized carbons (Fsp3) is 1.00. The highest BCUT2D eigenvalue weighted by atomic mass is 16.8. The third-order valence-corrected chi connectivity index (χ3v) is 5.53. The topological polar surface area (TPSA) is 95.8 Å². The highest BCUT2D eigenvalue weighted by Gasteiger charge is 2.61. The molecular weight excluding hydrogens is 368 g/mol. The van der Waals surface area contributed by atoms with Crippen LogP contribution < -0.4 is 0 Å². The second-order valence-corrected chi connectivity index (χ2v) is 8.39. The third-order valence-electron chi connectivity index (χ3n) is 5.53. The van der Waals surface area contributed by atoms with E-state index in [1.54, 1.807) is 13.8 Å². The maximum absolute atomic E-state index is 10.6. The molecule has 3 heterocycles. The fourth-order valence-electron chi connectivity index (χ4n) is 3.92. The van der Waals surface area contributed by atoms with Crippen LogP contribution >= 0.6 is 0 Å². The van der Waals surface area contributed by atoms with E-state index in [4.69, 9.17) is 28.4 Å². The van der Waals surface area contributed by atoms with Gasteiger partial charge in [-0.25, -0.2) is 0 Å². The molecule has 0 amide bonds. The summed E-state index contributed by atoms with van der Waals surface area (Å²) < 4.78 is 34.1. The van der Waals surface area contributed by atoms with Gasteiger partial charge < -0.3 is 38.6 Å². The Kier molecular flexibility index (Phi) is 8.09. The van der Waals surface area contributed by atoms with Gasteiger partial charge >= 0.3 is 0 Å². The summed E-state index contributed by atoms with van der Waals surface area (Å²) in [5.41, 5.74) is -1.19. The van der Waals surface area contributed by atoms with E-state index in [0.717, 1.165) is 51.7 Å². The Labute approximate surface area is 167 Å². The molecule has 2 N–H and O–H groups in total. The molecule has 0 bridgehead atoms. The molecule has 8 heteroatoms. The molecular formula is C20H36O8. The average molecular weight is 405 g/mol. The first-order valence-corrected chi connectivity index (χ1v) is 10.6. The van der Waals surface area contributed by atoms with Crippen LogP contribution in [0.1, 0.15) is 58.8 Å². The van der Waals surface area contributed by atoms with Crippen molar-refractivity contribution in [2.75, 3.05) is 33.0 Å². The minimum atomic E-state index is -1.19. The van der Waals surface area contributed by atoms with E-state index in [2.05, 4.69) is 0 Å². The van der Waals surface area contributed by atoms with Crippen molar-refractivity contribution in [2.45, 2.75) is 95.0 Å². The molecule has 164 valence electrons. The molecule has 3 fully saturated rings. The number of hydrogen-bond acceptors (Lipinski definition) is 8. The van der Waals surface area contributed by atoms with Crippen LogP contribution in [-0.4, -0.2) is 79.4 Å². The van der Waals surface area contributed by atoms with E-state index in [0.29, 0.717) is 6.61 Å². The van der Waals surface area contributed by atoms with Crippen LogP contribution in [0.2, 0.25) is 0 Å². The zero-order valence-corrected chi connectivity index (χ0v) is 17.1. The van der Waals surface area contributed by atoms with Crippen LogP contribution in [0.5, 0.6) is 0 Å². The smallest absolute Gasteiger partial charge is 0.190 e. The third kappa shape index (κ3) is 5.64. The van der Waals surface area contributed by atoms with Gasteiger partial charge in [-0.1, -0.05) is 12.8 Å². The van der Waals surface area contributed by atoms with Crippen LogP contribution in [0.15, 0.2) is 0 Å². The SMILES string of the molecule is CC1(C)OC2OC(CO)(COCCCCCCOC3CCCCO3)C(O)C2O1. The van der Waals surface area contributed by atoms with Gasteiger partial charge in [0.1, 0.15) is 17.8 Å². The van der Waals surface area contributed by atoms with Crippen LogP contribution in [0.25, 0.3) is 0 Å². The first-order valence-electron chi connectivity index (χ1n) is 10.6. The molecule has 0 radical (unpaired) electrons. The van der Waals surface area contributed by atoms with E-state index in [1.165, 1.54) is 6.42 Å². The minimum absolute atomic E-state index is 0.0115. The van der Waals surface area contributed by atoms with E-state index in [1.807, 2.05) is 0 Å². The van der Waals surface area contributed by atoms with Crippen molar-refractivity contribution in [1.29, 1.82) is 0 Å². The molecule has 28 heavy (non-hydrogen) atoms. The molecule has 3 aliphatic heterocycles. The number of unbranched alkanes of at least 4 members (excludes halogenated alkanes) is 3. The number of rotatable bonds is 11. The molecule has 5 unspecified atom stereocenters. The molecule has 0 saturated carbocycles. The Morgan fingerprint density at radius 2 is 1.79 bits per heavy atom. The highest BCUT2D eigenvalue weighted by Crippen LogP contribution is 2.42. The zero-order chi connectivity index (χ0) is 20.0. The van der Waals surface area contributed by atoms with Crippen molar-refractivity contribution in [1.82, 2.24) is 0 Å². The van der Waals surface area contributed by atoms with Crippen molar-refractivity contribution in [3.05, 3.63) is 0 Å². The van der Waals surface area contributed by atoms with Crippen molar-refractivity contribution < 1.29 is 38.6 Å². The summed E-state index contributed by atoms with van der Waals surface area (Å²) in [4.78, 5) is 0. The number of aliphatic hydroxyl groups excluding tert-OH is 2. The normalized spacial score (nSPS) is 37.3. The average Bonchev–Trinajstić information content (AvgIpc) is 3.11. The van der Waals surface area contributed by atoms with Gasteiger partial charge in [0, 0.05) is 19.8 Å². The van der Waals surface area contributed by atoms with Gasteiger partial charge in [0.25, 0.3) is 0 Å². The van der Waals surface area contributed by atoms with Gasteiger partial charge in [-0.2, -0.15) is 0 Å². The van der Waals surface area contributed by atoms with E-state index in [-0.39, 0.29) is 19.5 Å². The number of fused-ring (bicyclic) bond motifs is 1. The largest absolute Gasteiger partial charge is 0.393 e. The maximum atomic E-state index is 10.6. The predicted molar refractivity (Wildman–Crippen MR) is 99.6 cm³/mol. The molecule has 5 atom stereocenters. The standard InChI is InChI=1S/C20H36O8/c1-19(2)26-16-17(22)20(13-21,28-18(16)27-19)14-23-10-6-3-4-7-11-24-15-9-5-8-12-25-15/h15-18,21-22H,3-14H2,1-2H3. The number of hydrogen-bond donors (Lipinski definition) is 2. The summed E-state index contributed by atoms with van der Waals surface area (Å²) in [6.07, 6.45) is 5.05. The Bertz CT molecular complexity index is 467. The van der Waals surface area contributed by atoms with Gasteiger partial charge in [-0.05, 0) is 46.0 Å². The summed E-state index contributed by atoms with van der Waals surface area (Å²) in [7, 11) is 0. The van der Waals surface area contributed by atoms with Gasteiger partial charge in [-0.15, -0.1) is 0 Å². The van der Waals surface area contributed by atoms with Crippen LogP contribution in [0, 0.1) is 0 Å². The van der Waals surface area contributed by atoms with Crippen molar-refractivity contribution in [2.24, 2.45) is 0 Å². The fourth-order valence-corrected chi connectivity index (χ4v) is 3.92. The quantitative estimate of drug-likeness (QED) is 0.503. The second kappa shape index (κ2) is 10.1. The number of aliphatic hydroxyl groups is 2. The van der Waals surface area contributed by atoms with Crippen LogP contribution in [-0.2, 0) is 28.4 Å². The van der Waals surface area contributed by atoms with Crippen LogP contribution in [0.4, 0.5) is 0 Å². The van der Waals surface area contributed by atoms with Crippen molar-refractivity contribution >= 4 is 0 Å². The lowest BCUT2D eigenvalue weighted by atomic mass is 9.97. The van der Waals surface area contributed by atoms with Gasteiger partial charge in [-0.3, -0.25) is 0 Å². The van der Waals surface area contributed by atoms with Crippen molar-refractivity contribution in [3.63, 3.8) is 0 Å². The highest BCUT2D eigenvalue weighted by molar-refractivity contribution is 5.03. The second-order valence-electron chi connectivity index (χ2n) is 8.39. The van der Waals surface area contributed by atoms with Gasteiger partial charge in [0.2, 0.25) is 0 Å². The first kappa shape index (κ1) is 22.4. The lowest BCUT2D eigenvalue weighted by Crippen LogP contribution is -2.51. The molecule has 0 aromatic rings. The van der Waals surface area contributed by atoms with E-state index >= 15 is 0 Å². The molecule has 3 saturated heterocycles. The lowest BCUT2D eigenvalue weighted by molar-refractivity contribution is -0.255. The summed E-state index contributed by atoms with van der Waals surface area (Å²) in [6.45, 7) is 5.39. The van der Waals surface area contributed by atoms with Crippen molar-refractivity contribution in [3.8, 4) is 0 Å². The summed E-state index contributed by atoms with van der Waals surface area (Å²) in [6, 6.07) is 0. The summed E-state index contributed by atoms with van der Waals surface area (Å²) in [5, 5.41) is 20.3. The Morgan fingerprint density at radius 3 is 2.46 bits per heavy atom. The maximum Gasteiger partial charge on any atom is 0.190 e. The Hall–Kier alpha value is -0.320. The summed E-state index contributed by atoms with van der Waals surface area (Å²) >= 11 is 0. The van der Waals surface area contributed by atoms with E-state index < -0.39 is 29.9 Å². The Balaban J connectivity index is 1.24. The number of ether oxygens (including phenoxy) is 6. The molecule has 0 spiro atoms. The molecule has 0 aromatic carbocycles. The molecule has 3 rings (SSSR count). The summed E-state index contributed by atoms with van der Waals surface area (Å²) in [5.74, 6) is -0.800. The van der Waals surface area contributed by atoms with E-state index in [9.17, 15) is 10.2 Å². The van der Waals surface area contributed by atoms with Gasteiger partial charge in [0.15, 0.2) is 18.4 Å².